The molecule has 7 nitrogen and oxygen atoms in total. The topological polar surface area (TPSA) is 85.8 Å². The van der Waals surface area contributed by atoms with Gasteiger partial charge in [-0.2, -0.15) is 25.9 Å². The Morgan fingerprint density at radius 3 is 2.48 bits per heavy atom. The summed E-state index contributed by atoms with van der Waals surface area (Å²) in [6, 6.07) is 1.03. The van der Waals surface area contributed by atoms with Crippen LogP contribution in [-0.4, -0.2) is 42.1 Å². The second-order valence-corrected chi connectivity index (χ2v) is 7.91. The summed E-state index contributed by atoms with van der Waals surface area (Å²) in [5.74, 6) is 0. The number of pyridine rings is 1. The first-order valence-corrected chi connectivity index (χ1v) is 8.60. The first-order chi connectivity index (χ1) is 11.3. The fraction of sp³-hybridized carbons (Fsp3) is 0.571. The fourth-order valence-corrected chi connectivity index (χ4v) is 3.31. The van der Waals surface area contributed by atoms with Crippen molar-refractivity contribution < 1.29 is 35.3 Å². The van der Waals surface area contributed by atoms with E-state index < -0.39 is 39.9 Å². The zero-order valence-corrected chi connectivity index (χ0v) is 14.5. The number of rotatable bonds is 2. The summed E-state index contributed by atoms with van der Waals surface area (Å²) in [6.45, 7) is 4.40. The van der Waals surface area contributed by atoms with Crippen LogP contribution in [0, 0.1) is 0 Å². The van der Waals surface area contributed by atoms with Crippen LogP contribution >= 0.6 is 0 Å². The van der Waals surface area contributed by atoms with Crippen LogP contribution in [0.5, 0.6) is 0 Å². The molecular weight excluding hydrogens is 365 g/mol. The molecule has 0 aliphatic carbocycles. The van der Waals surface area contributed by atoms with Crippen LogP contribution in [-0.2, 0) is 31.8 Å². The largest absolute Gasteiger partial charge is 0.443 e. The lowest BCUT2D eigenvalue weighted by molar-refractivity contribution is -0.141. The highest BCUT2D eigenvalue weighted by Gasteiger charge is 2.44. The maximum absolute atomic E-state index is 12.5. The van der Waals surface area contributed by atoms with E-state index in [4.69, 9.17) is 4.74 Å². The van der Waals surface area contributed by atoms with E-state index in [1.807, 2.05) is 0 Å². The summed E-state index contributed by atoms with van der Waals surface area (Å²) in [5.41, 5.74) is -1.65. The van der Waals surface area contributed by atoms with Crippen molar-refractivity contribution in [2.24, 2.45) is 0 Å². The van der Waals surface area contributed by atoms with E-state index in [1.54, 1.807) is 20.8 Å². The highest BCUT2D eigenvalue weighted by molar-refractivity contribution is 7.85. The number of hydrogen-bond donors (Lipinski definition) is 0. The number of amides is 1. The zero-order valence-electron chi connectivity index (χ0n) is 13.7. The third-order valence-electron chi connectivity index (χ3n) is 3.14. The molecule has 1 amide bonds. The number of ether oxygens (including phenoxy) is 1. The van der Waals surface area contributed by atoms with Crippen molar-refractivity contribution in [2.45, 2.75) is 45.0 Å². The molecule has 0 saturated carbocycles. The van der Waals surface area contributed by atoms with E-state index in [0.717, 1.165) is 12.3 Å². The van der Waals surface area contributed by atoms with Crippen molar-refractivity contribution in [1.82, 2.24) is 9.29 Å². The number of halogens is 3. The number of aromatic nitrogens is 1. The van der Waals surface area contributed by atoms with E-state index >= 15 is 0 Å². The van der Waals surface area contributed by atoms with Crippen LogP contribution in [0.2, 0.25) is 0 Å². The van der Waals surface area contributed by atoms with Crippen molar-refractivity contribution >= 4 is 16.4 Å². The molecule has 0 radical (unpaired) electrons. The van der Waals surface area contributed by atoms with Crippen molar-refractivity contribution in [1.29, 1.82) is 0 Å². The third-order valence-corrected chi connectivity index (χ3v) is 4.50. The molecule has 11 heteroatoms. The second kappa shape index (κ2) is 6.45. The van der Waals surface area contributed by atoms with E-state index in [0.29, 0.717) is 9.87 Å². The fourth-order valence-electron chi connectivity index (χ4n) is 2.15. The molecule has 0 spiro atoms. The molecule has 1 aliphatic heterocycles. The maximum atomic E-state index is 12.5. The third kappa shape index (κ3) is 4.82. The molecule has 0 aromatic carbocycles. The Kier molecular flexibility index (Phi) is 5.01. The Morgan fingerprint density at radius 1 is 1.36 bits per heavy atom. The minimum atomic E-state index is -4.57. The number of hydrogen-bond acceptors (Lipinski definition) is 6. The van der Waals surface area contributed by atoms with Crippen LogP contribution in [0.1, 0.15) is 32.0 Å². The summed E-state index contributed by atoms with van der Waals surface area (Å²) < 4.78 is 71.6. The second-order valence-electron chi connectivity index (χ2n) is 6.43. The molecule has 140 valence electrons. The Morgan fingerprint density at radius 2 is 2.00 bits per heavy atom. The highest BCUT2D eigenvalue weighted by atomic mass is 32.2. The van der Waals surface area contributed by atoms with E-state index in [9.17, 15) is 26.4 Å². The van der Waals surface area contributed by atoms with Gasteiger partial charge in [-0.15, -0.1) is 0 Å². The standard InChI is InChI=1S/C14H17F3N2O5S/c1-13(2,3)24-12(20)19-10(8-23-25(19,21)22)6-9-4-5-11(18-7-9)14(15,16)17/h4-5,7,10H,6,8H2,1-3H3/t10-/m0/s1. The van der Waals surface area contributed by atoms with Crippen molar-refractivity contribution in [3.8, 4) is 0 Å². The molecule has 1 aromatic heterocycles. The summed E-state index contributed by atoms with van der Waals surface area (Å²) in [7, 11) is -4.30. The van der Waals surface area contributed by atoms with Gasteiger partial charge in [0.15, 0.2) is 0 Å². The van der Waals surface area contributed by atoms with E-state index in [-0.39, 0.29) is 13.0 Å². The lowest BCUT2D eigenvalue weighted by Crippen LogP contribution is -2.43. The van der Waals surface area contributed by atoms with Gasteiger partial charge < -0.3 is 4.74 Å². The predicted molar refractivity (Wildman–Crippen MR) is 79.7 cm³/mol. The van der Waals surface area contributed by atoms with Crippen molar-refractivity contribution in [2.75, 3.05) is 6.61 Å². The minimum absolute atomic E-state index is 0.0520. The van der Waals surface area contributed by atoms with Crippen molar-refractivity contribution in [3.63, 3.8) is 0 Å². The van der Waals surface area contributed by atoms with Gasteiger partial charge in [0.2, 0.25) is 0 Å². The number of nitrogens with zero attached hydrogens (tertiary/aromatic N) is 2. The maximum Gasteiger partial charge on any atom is 0.433 e. The average molecular weight is 382 g/mol. The van der Waals surface area contributed by atoms with Crippen molar-refractivity contribution in [3.05, 3.63) is 29.6 Å². The molecule has 1 aliphatic rings. The van der Waals surface area contributed by atoms with Gasteiger partial charge in [0, 0.05) is 6.20 Å². The SMILES string of the molecule is CC(C)(C)OC(=O)N1[C@@H](Cc2ccc(C(F)(F)F)nc2)COS1(=O)=O. The number of carbonyl (C=O) groups is 1. The Balaban J connectivity index is 2.19. The van der Waals surface area contributed by atoms with Gasteiger partial charge in [-0.25, -0.2) is 4.79 Å². The smallest absolute Gasteiger partial charge is 0.433 e. The van der Waals surface area contributed by atoms with Gasteiger partial charge >= 0.3 is 22.6 Å². The normalized spacial score (nSPS) is 20.6. The van der Waals surface area contributed by atoms with Crippen LogP contribution < -0.4 is 0 Å². The predicted octanol–water partition coefficient (Wildman–Crippen LogP) is 2.52. The van der Waals surface area contributed by atoms with Gasteiger partial charge in [-0.05, 0) is 38.8 Å². The van der Waals surface area contributed by atoms with E-state index in [1.165, 1.54) is 6.07 Å². The molecule has 0 bridgehead atoms. The van der Waals surface area contributed by atoms with Gasteiger partial charge in [-0.3, -0.25) is 9.17 Å². The lowest BCUT2D eigenvalue weighted by atomic mass is 10.1. The summed E-state index contributed by atoms with van der Waals surface area (Å²) in [4.78, 5) is 15.5. The van der Waals surface area contributed by atoms with Crippen LogP contribution in [0.25, 0.3) is 0 Å². The van der Waals surface area contributed by atoms with Gasteiger partial charge in [0.05, 0.1) is 12.6 Å². The molecular formula is C14H17F3N2O5S. The van der Waals surface area contributed by atoms with Crippen LogP contribution in [0.4, 0.5) is 18.0 Å². The lowest BCUT2D eigenvalue weighted by Gasteiger charge is -2.25. The molecule has 2 rings (SSSR count). The molecule has 2 heterocycles. The molecule has 1 aromatic rings. The number of carbonyl (C=O) groups excluding carboxylic acids is 1. The quantitative estimate of drug-likeness (QED) is 0.781. The average Bonchev–Trinajstić information content (AvgIpc) is 2.71. The molecule has 1 saturated heterocycles. The summed E-state index contributed by atoms with van der Waals surface area (Å²) in [6.07, 6.45) is -4.74. The van der Waals surface area contributed by atoms with Gasteiger partial charge in [-0.1, -0.05) is 6.07 Å². The van der Waals surface area contributed by atoms with Crippen LogP contribution in [0.15, 0.2) is 18.3 Å². The molecule has 1 atom stereocenters. The van der Waals surface area contributed by atoms with E-state index in [2.05, 4.69) is 9.17 Å². The summed E-state index contributed by atoms with van der Waals surface area (Å²) >= 11 is 0. The number of alkyl halides is 3. The Labute approximate surface area is 143 Å². The first-order valence-electron chi connectivity index (χ1n) is 7.23. The monoisotopic (exact) mass is 382 g/mol. The molecule has 25 heavy (non-hydrogen) atoms. The molecule has 1 fully saturated rings. The summed E-state index contributed by atoms with van der Waals surface area (Å²) in [5, 5.41) is 0. The highest BCUT2D eigenvalue weighted by Crippen LogP contribution is 2.28. The Hall–Kier alpha value is -1.88. The molecule has 0 N–H and O–H groups in total. The van der Waals surface area contributed by atoms with Crippen LogP contribution in [0.3, 0.4) is 0 Å². The zero-order chi connectivity index (χ0) is 19.0. The van der Waals surface area contributed by atoms with Gasteiger partial charge in [0.1, 0.15) is 11.3 Å². The molecule has 0 unspecified atom stereocenters. The Bertz CT molecular complexity index is 741. The first kappa shape index (κ1) is 19.4. The minimum Gasteiger partial charge on any atom is -0.443 e. The van der Waals surface area contributed by atoms with Gasteiger partial charge in [0.25, 0.3) is 0 Å².